The third-order valence-electron chi connectivity index (χ3n) is 3.83. The Balaban J connectivity index is 1.88. The number of hydrogen-bond donors (Lipinski definition) is 0. The second kappa shape index (κ2) is 5.11. The molecular formula is C17H15N5. The number of benzene rings is 2. The molecule has 0 saturated heterocycles. The van der Waals surface area contributed by atoms with Gasteiger partial charge in [0, 0.05) is 18.0 Å². The zero-order valence-electron chi connectivity index (χ0n) is 12.2. The van der Waals surface area contributed by atoms with Gasteiger partial charge in [-0.2, -0.15) is 5.10 Å². The van der Waals surface area contributed by atoms with Gasteiger partial charge in [-0.05, 0) is 6.07 Å². The lowest BCUT2D eigenvalue weighted by molar-refractivity contribution is 0.624. The van der Waals surface area contributed by atoms with Gasteiger partial charge in [-0.25, -0.2) is 0 Å². The Morgan fingerprint density at radius 3 is 2.50 bits per heavy atom. The first kappa shape index (κ1) is 12.8. The minimum atomic E-state index is 0.650. The highest BCUT2D eigenvalue weighted by molar-refractivity contribution is 5.93. The first-order valence-electron chi connectivity index (χ1n) is 7.17. The van der Waals surface area contributed by atoms with Crippen LogP contribution in [-0.2, 0) is 13.6 Å². The van der Waals surface area contributed by atoms with Crippen LogP contribution in [0, 0.1) is 0 Å². The quantitative estimate of drug-likeness (QED) is 0.582. The summed E-state index contributed by atoms with van der Waals surface area (Å²) in [5, 5.41) is 13.9. The molecule has 22 heavy (non-hydrogen) atoms. The van der Waals surface area contributed by atoms with Gasteiger partial charge in [0.2, 0.25) is 0 Å². The Bertz CT molecular complexity index is 921. The summed E-state index contributed by atoms with van der Waals surface area (Å²) >= 11 is 0. The van der Waals surface area contributed by atoms with Crippen LogP contribution >= 0.6 is 0 Å². The van der Waals surface area contributed by atoms with Crippen molar-refractivity contribution in [2.45, 2.75) is 6.54 Å². The van der Waals surface area contributed by atoms with Gasteiger partial charge in [-0.1, -0.05) is 53.7 Å². The van der Waals surface area contributed by atoms with Gasteiger partial charge in [-0.3, -0.25) is 9.36 Å². The minimum Gasteiger partial charge on any atom is -0.258 e. The van der Waals surface area contributed by atoms with E-state index in [1.54, 1.807) is 10.9 Å². The molecule has 0 radical (unpaired) electrons. The van der Waals surface area contributed by atoms with Crippen molar-refractivity contribution in [1.82, 2.24) is 24.8 Å². The molecule has 0 fully saturated rings. The number of nitrogens with zero attached hydrogens (tertiary/aromatic N) is 5. The molecule has 0 unspecified atom stereocenters. The monoisotopic (exact) mass is 289 g/mol. The average Bonchev–Trinajstić information content (AvgIpc) is 3.13. The molecule has 2 aromatic carbocycles. The van der Waals surface area contributed by atoms with Gasteiger partial charge in [0.05, 0.1) is 24.0 Å². The summed E-state index contributed by atoms with van der Waals surface area (Å²) < 4.78 is 3.79. The summed E-state index contributed by atoms with van der Waals surface area (Å²) in [4.78, 5) is 0. The molecule has 0 aliphatic carbocycles. The maximum atomic E-state index is 4.82. The molecule has 2 aromatic heterocycles. The predicted octanol–water partition coefficient (Wildman–Crippen LogP) is 2.88. The van der Waals surface area contributed by atoms with Crippen molar-refractivity contribution in [1.29, 1.82) is 0 Å². The fourth-order valence-electron chi connectivity index (χ4n) is 2.66. The maximum absolute atomic E-state index is 4.82. The van der Waals surface area contributed by atoms with Crippen molar-refractivity contribution in [2.75, 3.05) is 0 Å². The molecule has 4 aromatic rings. The van der Waals surface area contributed by atoms with Gasteiger partial charge in [-0.15, -0.1) is 5.10 Å². The van der Waals surface area contributed by atoms with Crippen LogP contribution in [0.25, 0.3) is 22.2 Å². The maximum Gasteiger partial charge on any atom is 0.100 e. The zero-order valence-corrected chi connectivity index (χ0v) is 12.2. The molecule has 5 heteroatoms. The van der Waals surface area contributed by atoms with Crippen LogP contribution in [-0.4, -0.2) is 24.8 Å². The number of fused-ring (bicyclic) bond motifs is 1. The lowest BCUT2D eigenvalue weighted by Crippen LogP contribution is -2.06. The van der Waals surface area contributed by atoms with Crippen LogP contribution in [0.5, 0.6) is 0 Å². The van der Waals surface area contributed by atoms with E-state index in [2.05, 4.69) is 34.6 Å². The summed E-state index contributed by atoms with van der Waals surface area (Å²) in [6, 6.07) is 18.6. The summed E-state index contributed by atoms with van der Waals surface area (Å²) in [5.74, 6) is 0. The predicted molar refractivity (Wildman–Crippen MR) is 85.3 cm³/mol. The first-order chi connectivity index (χ1) is 10.8. The standard InChI is InChI=1S/C17H15N5/c1-21-14(11-18-20-21)12-22-16-10-6-5-9-15(16)17(19-22)13-7-3-2-4-8-13/h2-11H,12H2,1H3. The smallest absolute Gasteiger partial charge is 0.100 e. The summed E-state index contributed by atoms with van der Waals surface area (Å²) in [6.45, 7) is 0.650. The second-order valence-electron chi connectivity index (χ2n) is 5.24. The largest absolute Gasteiger partial charge is 0.258 e. The van der Waals surface area contributed by atoms with Crippen molar-refractivity contribution in [3.8, 4) is 11.3 Å². The Morgan fingerprint density at radius 2 is 1.73 bits per heavy atom. The number of aromatic nitrogens is 5. The fourth-order valence-corrected chi connectivity index (χ4v) is 2.66. The van der Waals surface area contributed by atoms with E-state index >= 15 is 0 Å². The summed E-state index contributed by atoms with van der Waals surface area (Å²) in [7, 11) is 1.89. The SMILES string of the molecule is Cn1nncc1Cn1nc(-c2ccccc2)c2ccccc21. The molecule has 0 atom stereocenters. The van der Waals surface area contributed by atoms with E-state index in [1.165, 1.54) is 0 Å². The summed E-state index contributed by atoms with van der Waals surface area (Å²) in [5.41, 5.74) is 4.27. The number of hydrogen-bond acceptors (Lipinski definition) is 3. The van der Waals surface area contributed by atoms with Gasteiger partial charge in [0.15, 0.2) is 0 Å². The van der Waals surface area contributed by atoms with Gasteiger partial charge >= 0.3 is 0 Å². The van der Waals surface area contributed by atoms with Crippen LogP contribution in [0.3, 0.4) is 0 Å². The molecule has 0 N–H and O–H groups in total. The van der Waals surface area contributed by atoms with Gasteiger partial charge in [0.25, 0.3) is 0 Å². The second-order valence-corrected chi connectivity index (χ2v) is 5.24. The van der Waals surface area contributed by atoms with Crippen LogP contribution in [0.4, 0.5) is 0 Å². The third-order valence-corrected chi connectivity index (χ3v) is 3.83. The van der Waals surface area contributed by atoms with E-state index in [0.717, 1.165) is 27.9 Å². The van der Waals surface area contributed by atoms with E-state index in [-0.39, 0.29) is 0 Å². The van der Waals surface area contributed by atoms with E-state index in [1.807, 2.05) is 42.1 Å². The van der Waals surface area contributed by atoms with Crippen molar-refractivity contribution in [2.24, 2.45) is 7.05 Å². The Kier molecular flexibility index (Phi) is 2.96. The Hall–Kier alpha value is -2.95. The van der Waals surface area contributed by atoms with Crippen LogP contribution in [0.2, 0.25) is 0 Å². The van der Waals surface area contributed by atoms with Crippen LogP contribution in [0.1, 0.15) is 5.69 Å². The highest BCUT2D eigenvalue weighted by Gasteiger charge is 2.13. The van der Waals surface area contributed by atoms with Crippen molar-refractivity contribution >= 4 is 10.9 Å². The molecule has 0 bridgehead atoms. The zero-order chi connectivity index (χ0) is 14.9. The number of rotatable bonds is 3. The number of aryl methyl sites for hydroxylation is 1. The van der Waals surface area contributed by atoms with E-state index < -0.39 is 0 Å². The Labute approximate surface area is 127 Å². The van der Waals surface area contributed by atoms with Crippen molar-refractivity contribution in [3.05, 3.63) is 66.5 Å². The lowest BCUT2D eigenvalue weighted by atomic mass is 10.1. The molecule has 4 rings (SSSR count). The average molecular weight is 289 g/mol. The third kappa shape index (κ3) is 2.07. The van der Waals surface area contributed by atoms with Gasteiger partial charge < -0.3 is 0 Å². The van der Waals surface area contributed by atoms with Crippen molar-refractivity contribution in [3.63, 3.8) is 0 Å². The van der Waals surface area contributed by atoms with Gasteiger partial charge in [0.1, 0.15) is 5.69 Å². The molecule has 0 aliphatic heterocycles. The molecule has 0 amide bonds. The van der Waals surface area contributed by atoms with Crippen LogP contribution < -0.4 is 0 Å². The summed E-state index contributed by atoms with van der Waals surface area (Å²) in [6.07, 6.45) is 1.78. The molecule has 5 nitrogen and oxygen atoms in total. The van der Waals surface area contributed by atoms with Crippen molar-refractivity contribution < 1.29 is 0 Å². The highest BCUT2D eigenvalue weighted by Crippen LogP contribution is 2.27. The molecule has 0 saturated carbocycles. The topological polar surface area (TPSA) is 48.5 Å². The lowest BCUT2D eigenvalue weighted by Gasteiger charge is -2.02. The molecule has 0 spiro atoms. The van der Waals surface area contributed by atoms with E-state index in [9.17, 15) is 0 Å². The number of para-hydroxylation sites is 1. The fraction of sp³-hybridized carbons (Fsp3) is 0.118. The minimum absolute atomic E-state index is 0.650. The molecule has 0 aliphatic rings. The Morgan fingerprint density at radius 1 is 0.955 bits per heavy atom. The molecule has 108 valence electrons. The molecule has 2 heterocycles. The van der Waals surface area contributed by atoms with E-state index in [0.29, 0.717) is 6.54 Å². The normalized spacial score (nSPS) is 11.1. The highest BCUT2D eigenvalue weighted by atomic mass is 15.4. The van der Waals surface area contributed by atoms with Crippen LogP contribution in [0.15, 0.2) is 60.8 Å². The van der Waals surface area contributed by atoms with E-state index in [4.69, 9.17) is 5.10 Å². The molecular weight excluding hydrogens is 274 g/mol. The first-order valence-corrected chi connectivity index (χ1v) is 7.17.